The zero-order chi connectivity index (χ0) is 7.56. The molecule has 0 atom stereocenters. The number of carbonyl (C=O) groups is 1. The van der Waals surface area contributed by atoms with Crippen molar-refractivity contribution in [2.24, 2.45) is 5.73 Å². The van der Waals surface area contributed by atoms with Gasteiger partial charge in [-0.1, -0.05) is 0 Å². The van der Waals surface area contributed by atoms with Crippen LogP contribution in [-0.2, 0) is 0 Å². The Labute approximate surface area is 67.9 Å². The number of nitrogens with two attached hydrogens (primary N) is 1. The van der Waals surface area contributed by atoms with Crippen LogP contribution in [0, 0.1) is 0 Å². The predicted octanol–water partition coefficient (Wildman–Crippen LogP) is -0.421. The summed E-state index contributed by atoms with van der Waals surface area (Å²) < 4.78 is 1.07. The van der Waals surface area contributed by atoms with Crippen molar-refractivity contribution in [1.82, 2.24) is 0 Å². The van der Waals surface area contributed by atoms with Crippen LogP contribution >= 0.6 is 0 Å². The fraction of sp³-hybridized carbons (Fsp3) is 0. The molecule has 10 heavy (non-hydrogen) atoms. The van der Waals surface area contributed by atoms with Gasteiger partial charge < -0.3 is 0 Å². The molecular weight excluding hydrogens is 189 g/mol. The number of hydrogen-bond donors (Lipinski definition) is 1. The first kappa shape index (κ1) is 7.36. The quantitative estimate of drug-likeness (QED) is 0.607. The van der Waals surface area contributed by atoms with Gasteiger partial charge in [0, 0.05) is 0 Å². The monoisotopic (exact) mass is 195 g/mol. The van der Waals surface area contributed by atoms with Crippen molar-refractivity contribution in [1.29, 1.82) is 0 Å². The fourth-order valence-corrected chi connectivity index (χ4v) is 0.938. The molecule has 0 bridgehead atoms. The van der Waals surface area contributed by atoms with E-state index in [9.17, 15) is 4.79 Å². The summed E-state index contributed by atoms with van der Waals surface area (Å²) in [7, 11) is 0. The molecule has 2 nitrogen and oxygen atoms in total. The van der Waals surface area contributed by atoms with Crippen molar-refractivity contribution >= 4 is 27.1 Å². The predicted molar refractivity (Wildman–Crippen MR) is 40.3 cm³/mol. The molecule has 0 fully saturated rings. The Morgan fingerprint density at radius 2 is 1.80 bits per heavy atom. The molecule has 0 heterocycles. The summed E-state index contributed by atoms with van der Waals surface area (Å²) in [6.07, 6.45) is 0. The van der Waals surface area contributed by atoms with Gasteiger partial charge in [-0.05, 0) is 0 Å². The van der Waals surface area contributed by atoms with Crippen molar-refractivity contribution in [2.75, 3.05) is 0 Å². The van der Waals surface area contributed by atoms with Crippen LogP contribution in [0.15, 0.2) is 24.3 Å². The number of carbonyl (C=O) groups excluding carboxylic acids is 1. The number of hydrogen-bond acceptors (Lipinski definition) is 1. The maximum absolute atomic E-state index is 10.5. The fourth-order valence-electron chi connectivity index (χ4n) is 0.626. The second kappa shape index (κ2) is 2.89. The summed E-state index contributed by atoms with van der Waals surface area (Å²) in [6.45, 7) is 0. The van der Waals surface area contributed by atoms with E-state index < -0.39 is 0 Å². The van der Waals surface area contributed by atoms with Gasteiger partial charge in [-0.25, -0.2) is 0 Å². The molecule has 0 aliphatic carbocycles. The van der Waals surface area contributed by atoms with E-state index in [1.807, 2.05) is 12.1 Å². The summed E-state index contributed by atoms with van der Waals surface area (Å²) in [5, 5.41) is 0. The molecule has 0 aliphatic heterocycles. The van der Waals surface area contributed by atoms with Crippen molar-refractivity contribution < 1.29 is 4.79 Å². The second-order valence-electron chi connectivity index (χ2n) is 1.91. The standard InChI is InChI=1S/C7H6AsNO/c8-6-3-1-5(2-4-6)7(9)10/h1-4H,(H2,9,10). The van der Waals surface area contributed by atoms with Crippen LogP contribution in [0.4, 0.5) is 0 Å². The zero-order valence-corrected chi connectivity index (χ0v) is 7.12. The van der Waals surface area contributed by atoms with Crippen LogP contribution in [0.5, 0.6) is 0 Å². The Kier molecular flexibility index (Phi) is 2.13. The minimum absolute atomic E-state index is 0.382. The van der Waals surface area contributed by atoms with E-state index in [4.69, 9.17) is 5.73 Å². The summed E-state index contributed by atoms with van der Waals surface area (Å²) >= 11 is 2.39. The van der Waals surface area contributed by atoms with E-state index >= 15 is 0 Å². The molecule has 1 aromatic carbocycles. The molecule has 0 aliphatic rings. The summed E-state index contributed by atoms with van der Waals surface area (Å²) in [6, 6.07) is 7.08. The third-order valence-corrected chi connectivity index (χ3v) is 1.78. The van der Waals surface area contributed by atoms with Crippen LogP contribution < -0.4 is 10.1 Å². The molecule has 50 valence electrons. The molecule has 0 saturated heterocycles. The summed E-state index contributed by atoms with van der Waals surface area (Å²) in [5.74, 6) is -0.382. The summed E-state index contributed by atoms with van der Waals surface area (Å²) in [5.41, 5.74) is 5.57. The molecule has 0 spiro atoms. The van der Waals surface area contributed by atoms with E-state index in [1.165, 1.54) is 0 Å². The molecule has 0 saturated carbocycles. The van der Waals surface area contributed by atoms with E-state index in [1.54, 1.807) is 12.1 Å². The van der Waals surface area contributed by atoms with Gasteiger partial charge in [0.1, 0.15) is 0 Å². The Balaban J connectivity index is 3.00. The van der Waals surface area contributed by atoms with Gasteiger partial charge in [0.05, 0.1) is 0 Å². The van der Waals surface area contributed by atoms with E-state index in [-0.39, 0.29) is 5.91 Å². The second-order valence-corrected chi connectivity index (χ2v) is 2.99. The number of rotatable bonds is 1. The van der Waals surface area contributed by atoms with Crippen LogP contribution in [0.25, 0.3) is 0 Å². The molecule has 0 unspecified atom stereocenters. The van der Waals surface area contributed by atoms with Gasteiger partial charge in [0.15, 0.2) is 0 Å². The van der Waals surface area contributed by atoms with E-state index in [0.29, 0.717) is 5.56 Å². The van der Waals surface area contributed by atoms with Gasteiger partial charge in [0.2, 0.25) is 0 Å². The molecule has 2 N–H and O–H groups in total. The molecule has 2 radical (unpaired) electrons. The molecule has 1 aromatic rings. The first-order valence-electron chi connectivity index (χ1n) is 2.79. The SMILES string of the molecule is NC(=O)c1ccc([As])cc1. The number of primary amides is 1. The minimum atomic E-state index is -0.382. The zero-order valence-electron chi connectivity index (χ0n) is 5.24. The molecule has 1 amide bonds. The number of amides is 1. The summed E-state index contributed by atoms with van der Waals surface area (Å²) in [4.78, 5) is 10.5. The topological polar surface area (TPSA) is 43.1 Å². The Hall–Kier alpha value is -0.752. The maximum atomic E-state index is 10.5. The van der Waals surface area contributed by atoms with Gasteiger partial charge in [-0.15, -0.1) is 0 Å². The van der Waals surface area contributed by atoms with Crippen molar-refractivity contribution in [3.8, 4) is 0 Å². The van der Waals surface area contributed by atoms with Gasteiger partial charge in [-0.2, -0.15) is 0 Å². The first-order chi connectivity index (χ1) is 4.70. The Morgan fingerprint density at radius 3 is 2.20 bits per heavy atom. The Bertz CT molecular complexity index is 242. The Morgan fingerprint density at radius 1 is 1.30 bits per heavy atom. The normalized spacial score (nSPS) is 9.30. The van der Waals surface area contributed by atoms with E-state index in [0.717, 1.165) is 4.35 Å². The van der Waals surface area contributed by atoms with Gasteiger partial charge >= 0.3 is 67.5 Å². The van der Waals surface area contributed by atoms with Gasteiger partial charge in [-0.3, -0.25) is 0 Å². The van der Waals surface area contributed by atoms with Crippen molar-refractivity contribution in [3.05, 3.63) is 29.8 Å². The molecule has 1 rings (SSSR count). The van der Waals surface area contributed by atoms with E-state index in [2.05, 4.69) is 16.9 Å². The third-order valence-electron chi connectivity index (χ3n) is 1.15. The number of benzene rings is 1. The molecule has 0 aromatic heterocycles. The van der Waals surface area contributed by atoms with Crippen molar-refractivity contribution in [3.63, 3.8) is 0 Å². The van der Waals surface area contributed by atoms with Crippen LogP contribution in [0.1, 0.15) is 10.4 Å². The van der Waals surface area contributed by atoms with Crippen LogP contribution in [0.3, 0.4) is 0 Å². The van der Waals surface area contributed by atoms with Crippen LogP contribution in [-0.4, -0.2) is 22.8 Å². The molecular formula is C7H6AsNO. The average molecular weight is 195 g/mol. The van der Waals surface area contributed by atoms with Gasteiger partial charge in [0.25, 0.3) is 0 Å². The molecule has 3 heteroatoms. The average Bonchev–Trinajstić information content (AvgIpc) is 1.88. The first-order valence-corrected chi connectivity index (χ1v) is 3.73. The van der Waals surface area contributed by atoms with Crippen LogP contribution in [0.2, 0.25) is 0 Å². The van der Waals surface area contributed by atoms with Crippen molar-refractivity contribution in [2.45, 2.75) is 0 Å². The third kappa shape index (κ3) is 1.61.